The highest BCUT2D eigenvalue weighted by molar-refractivity contribution is 5.77. The minimum absolute atomic E-state index is 0.144. The second kappa shape index (κ2) is 8.00. The van der Waals surface area contributed by atoms with Crippen molar-refractivity contribution >= 4 is 22.7 Å². The molecule has 1 aliphatic carbocycles. The van der Waals surface area contributed by atoms with Gasteiger partial charge < -0.3 is 15.4 Å². The minimum Gasteiger partial charge on any atom is -0.474 e. The molecule has 9 nitrogen and oxygen atoms in total. The van der Waals surface area contributed by atoms with Crippen molar-refractivity contribution in [2.75, 3.05) is 11.9 Å². The van der Waals surface area contributed by atoms with Crippen molar-refractivity contribution in [2.24, 2.45) is 0 Å². The number of hydrogen-bond acceptors (Lipinski definition) is 7. The molecular formula is C24H25N7O2. The van der Waals surface area contributed by atoms with E-state index in [1.807, 2.05) is 31.2 Å². The van der Waals surface area contributed by atoms with Crippen LogP contribution < -0.4 is 20.9 Å². The number of nitrogens with zero attached hydrogens (tertiary/aromatic N) is 5. The van der Waals surface area contributed by atoms with E-state index in [1.165, 1.54) is 11.1 Å². The summed E-state index contributed by atoms with van der Waals surface area (Å²) in [6, 6.07) is 11.9. The number of pyridine rings is 1. The van der Waals surface area contributed by atoms with Crippen molar-refractivity contribution in [1.29, 1.82) is 0 Å². The Kier molecular flexibility index (Phi) is 4.83. The van der Waals surface area contributed by atoms with Crippen LogP contribution in [0.5, 0.6) is 5.88 Å². The minimum atomic E-state index is -0.144. The number of hydrogen-bond donors (Lipinski definition) is 2. The van der Waals surface area contributed by atoms with Gasteiger partial charge in [-0.15, -0.1) is 0 Å². The third kappa shape index (κ3) is 3.74. The van der Waals surface area contributed by atoms with Crippen molar-refractivity contribution < 1.29 is 4.74 Å². The first-order chi connectivity index (χ1) is 16.2. The lowest BCUT2D eigenvalue weighted by atomic mass is 10.0. The summed E-state index contributed by atoms with van der Waals surface area (Å²) in [7, 11) is 0. The molecule has 1 aromatic carbocycles. The molecule has 3 aromatic heterocycles. The summed E-state index contributed by atoms with van der Waals surface area (Å²) in [6.45, 7) is 4.27. The maximum absolute atomic E-state index is 13.0. The molecule has 0 spiro atoms. The van der Waals surface area contributed by atoms with Gasteiger partial charge >= 0.3 is 0 Å². The first kappa shape index (κ1) is 19.9. The van der Waals surface area contributed by atoms with Gasteiger partial charge in [0.15, 0.2) is 11.5 Å². The van der Waals surface area contributed by atoms with Crippen LogP contribution in [0.15, 0.2) is 47.4 Å². The van der Waals surface area contributed by atoms with Crippen LogP contribution in [0.4, 0.5) is 11.6 Å². The quantitative estimate of drug-likeness (QED) is 0.473. The number of anilines is 2. The molecule has 1 aliphatic heterocycles. The Labute approximate surface area is 190 Å². The van der Waals surface area contributed by atoms with Crippen LogP contribution in [0.1, 0.15) is 30.9 Å². The van der Waals surface area contributed by atoms with Crippen LogP contribution in [-0.2, 0) is 19.5 Å². The number of fused-ring (bicyclic) bond motifs is 2. The third-order valence-corrected chi connectivity index (χ3v) is 6.06. The van der Waals surface area contributed by atoms with Gasteiger partial charge in [-0.3, -0.25) is 4.79 Å². The molecule has 2 N–H and O–H groups in total. The Morgan fingerprint density at radius 2 is 2.09 bits per heavy atom. The topological polar surface area (TPSA) is 98.9 Å². The third-order valence-electron chi connectivity index (χ3n) is 6.06. The summed E-state index contributed by atoms with van der Waals surface area (Å²) >= 11 is 0. The lowest BCUT2D eigenvalue weighted by molar-refractivity contribution is 0.290. The van der Waals surface area contributed by atoms with Gasteiger partial charge in [-0.2, -0.15) is 9.97 Å². The largest absolute Gasteiger partial charge is 0.474 e. The van der Waals surface area contributed by atoms with Gasteiger partial charge in [0.1, 0.15) is 11.5 Å². The molecule has 4 heterocycles. The van der Waals surface area contributed by atoms with Gasteiger partial charge in [-0.1, -0.05) is 12.1 Å². The van der Waals surface area contributed by atoms with E-state index >= 15 is 0 Å². The Balaban J connectivity index is 1.41. The van der Waals surface area contributed by atoms with Crippen molar-refractivity contribution in [3.8, 4) is 11.7 Å². The molecule has 0 unspecified atom stereocenters. The average molecular weight is 444 g/mol. The number of ether oxygens (including phenoxy) is 1. The fraction of sp³-hybridized carbons (Fsp3) is 0.333. The van der Waals surface area contributed by atoms with Crippen molar-refractivity contribution in [3.05, 3.63) is 64.1 Å². The van der Waals surface area contributed by atoms with Crippen LogP contribution in [-0.4, -0.2) is 37.0 Å². The summed E-state index contributed by atoms with van der Waals surface area (Å²) in [6.07, 6.45) is 4.97. The molecule has 1 saturated carbocycles. The van der Waals surface area contributed by atoms with Gasteiger partial charge in [0, 0.05) is 31.0 Å². The monoisotopic (exact) mass is 443 g/mol. The zero-order valence-corrected chi connectivity index (χ0v) is 18.4. The van der Waals surface area contributed by atoms with E-state index in [-0.39, 0.29) is 11.7 Å². The predicted molar refractivity (Wildman–Crippen MR) is 125 cm³/mol. The molecule has 0 saturated heterocycles. The van der Waals surface area contributed by atoms with Gasteiger partial charge in [0.25, 0.3) is 5.56 Å². The molecular weight excluding hydrogens is 418 g/mol. The van der Waals surface area contributed by atoms with Crippen molar-refractivity contribution in [1.82, 2.24) is 29.6 Å². The zero-order chi connectivity index (χ0) is 22.4. The fourth-order valence-corrected chi connectivity index (χ4v) is 4.24. The molecule has 1 fully saturated rings. The van der Waals surface area contributed by atoms with E-state index in [2.05, 4.69) is 32.7 Å². The van der Waals surface area contributed by atoms with Crippen LogP contribution in [0.25, 0.3) is 16.9 Å². The van der Waals surface area contributed by atoms with E-state index in [0.717, 1.165) is 38.0 Å². The summed E-state index contributed by atoms with van der Waals surface area (Å²) < 4.78 is 9.24. The van der Waals surface area contributed by atoms with Gasteiger partial charge in [0.05, 0.1) is 0 Å². The molecule has 0 bridgehead atoms. The van der Waals surface area contributed by atoms with Gasteiger partial charge in [-0.05, 0) is 62.1 Å². The lowest BCUT2D eigenvalue weighted by Gasteiger charge is -2.18. The van der Waals surface area contributed by atoms with Crippen LogP contribution in [0.2, 0.25) is 0 Å². The first-order valence-corrected chi connectivity index (χ1v) is 11.4. The van der Waals surface area contributed by atoms with Crippen LogP contribution >= 0.6 is 0 Å². The second-order valence-corrected chi connectivity index (χ2v) is 8.45. The highest BCUT2D eigenvalue weighted by Crippen LogP contribution is 2.27. The highest BCUT2D eigenvalue weighted by atomic mass is 16.5. The summed E-state index contributed by atoms with van der Waals surface area (Å²) in [4.78, 5) is 26.8. The molecule has 9 heteroatoms. The molecule has 0 amide bonds. The molecule has 2 aliphatic rings. The first-order valence-electron chi connectivity index (χ1n) is 11.4. The molecule has 0 atom stereocenters. The van der Waals surface area contributed by atoms with Crippen molar-refractivity contribution in [3.63, 3.8) is 0 Å². The van der Waals surface area contributed by atoms with E-state index in [0.29, 0.717) is 35.2 Å². The van der Waals surface area contributed by atoms with Gasteiger partial charge in [0.2, 0.25) is 11.8 Å². The molecule has 6 rings (SSSR count). The maximum Gasteiger partial charge on any atom is 0.278 e. The van der Waals surface area contributed by atoms with E-state index in [1.54, 1.807) is 15.6 Å². The Bertz CT molecular complexity index is 1400. The average Bonchev–Trinajstić information content (AvgIpc) is 3.61. The highest BCUT2D eigenvalue weighted by Gasteiger charge is 2.24. The van der Waals surface area contributed by atoms with Crippen LogP contribution in [0.3, 0.4) is 0 Å². The smallest absolute Gasteiger partial charge is 0.278 e. The number of aromatic nitrogens is 5. The van der Waals surface area contributed by atoms with Crippen LogP contribution in [0, 0.1) is 0 Å². The molecule has 4 aromatic rings. The zero-order valence-electron chi connectivity index (χ0n) is 18.4. The number of rotatable bonds is 6. The molecule has 0 radical (unpaired) electrons. The SMILES string of the molecule is CCn1c(=O)c2cnc(Nc3ccc4c(c3)CNCC4)nc2n1-c1cccc(OC2CC2)n1. The molecule has 33 heavy (non-hydrogen) atoms. The Morgan fingerprint density at radius 1 is 1.18 bits per heavy atom. The normalized spacial score (nSPS) is 15.4. The fourth-order valence-electron chi connectivity index (χ4n) is 4.24. The summed E-state index contributed by atoms with van der Waals surface area (Å²) in [5.74, 6) is 1.58. The standard InChI is InChI=1S/C24H25N7O2/c1-2-30-23(32)19-14-26-24(27-17-7-6-15-10-11-25-13-16(15)12-17)29-22(19)31(30)20-4-3-5-21(28-20)33-18-8-9-18/h3-7,12,14,18,25H,2,8-11,13H2,1H3,(H,26,27,29). The number of nitrogens with one attached hydrogen (secondary N) is 2. The van der Waals surface area contributed by atoms with E-state index < -0.39 is 0 Å². The second-order valence-electron chi connectivity index (χ2n) is 8.45. The Hall–Kier alpha value is -3.72. The predicted octanol–water partition coefficient (Wildman–Crippen LogP) is 2.93. The van der Waals surface area contributed by atoms with Gasteiger partial charge in [-0.25, -0.2) is 14.3 Å². The van der Waals surface area contributed by atoms with E-state index in [4.69, 9.17) is 9.72 Å². The lowest BCUT2D eigenvalue weighted by Crippen LogP contribution is -2.23. The number of benzene rings is 1. The maximum atomic E-state index is 13.0. The van der Waals surface area contributed by atoms with Crippen molar-refractivity contribution in [2.45, 2.75) is 45.4 Å². The summed E-state index contributed by atoms with van der Waals surface area (Å²) in [5, 5.41) is 7.15. The van der Waals surface area contributed by atoms with E-state index in [9.17, 15) is 4.79 Å². The Morgan fingerprint density at radius 3 is 2.94 bits per heavy atom. The molecule has 168 valence electrons. The summed E-state index contributed by atoms with van der Waals surface area (Å²) in [5.41, 5.74) is 3.92.